The van der Waals surface area contributed by atoms with Crippen LogP contribution in [-0.2, 0) is 19.1 Å². The molecule has 5 nitrogen and oxygen atoms in total. The van der Waals surface area contributed by atoms with Gasteiger partial charge in [-0.15, -0.1) is 0 Å². The van der Waals surface area contributed by atoms with E-state index in [-0.39, 0.29) is 22.6 Å². The average molecular weight is 333 g/mol. The van der Waals surface area contributed by atoms with E-state index in [0.717, 1.165) is 0 Å². The van der Waals surface area contributed by atoms with E-state index in [0.29, 0.717) is 25.3 Å². The zero-order chi connectivity index (χ0) is 17.7. The van der Waals surface area contributed by atoms with E-state index in [1.807, 2.05) is 0 Å². The Bertz CT molecular complexity index is 709. The molecule has 0 bridgehead atoms. The van der Waals surface area contributed by atoms with Gasteiger partial charge in [0.1, 0.15) is 5.82 Å². The van der Waals surface area contributed by atoms with Gasteiger partial charge in [-0.3, -0.25) is 4.79 Å². The van der Waals surface area contributed by atoms with Crippen molar-refractivity contribution in [2.75, 3.05) is 27.4 Å². The fourth-order valence-electron chi connectivity index (χ4n) is 2.61. The molecule has 1 aliphatic rings. The highest BCUT2D eigenvalue weighted by atomic mass is 19.1. The number of hydrogen-bond acceptors (Lipinski definition) is 4. The van der Waals surface area contributed by atoms with Crippen molar-refractivity contribution in [3.05, 3.63) is 52.5 Å². The van der Waals surface area contributed by atoms with Gasteiger partial charge in [-0.25, -0.2) is 9.18 Å². The smallest absolute Gasteiger partial charge is 0.340 e. The molecule has 24 heavy (non-hydrogen) atoms. The Labute approximate surface area is 140 Å². The van der Waals surface area contributed by atoms with Crippen LogP contribution in [0.3, 0.4) is 0 Å². The predicted molar refractivity (Wildman–Crippen MR) is 87.3 cm³/mol. The molecule has 1 aromatic rings. The summed E-state index contributed by atoms with van der Waals surface area (Å²) in [6.07, 6.45) is 2.02. The summed E-state index contributed by atoms with van der Waals surface area (Å²) in [5, 5.41) is 0. The number of esters is 1. The third kappa shape index (κ3) is 3.54. The lowest BCUT2D eigenvalue weighted by molar-refractivity contribution is -0.136. The first-order valence-electron chi connectivity index (χ1n) is 7.57. The summed E-state index contributed by atoms with van der Waals surface area (Å²) in [6.45, 7) is 2.59. The number of allylic oxidation sites excluding steroid dienone is 1. The minimum atomic E-state index is -0.613. The first-order valence-corrected chi connectivity index (χ1v) is 7.57. The maximum atomic E-state index is 13.9. The molecule has 0 aliphatic carbocycles. The SMILES string of the molecule is COCCCN1C(=O)C(=Cc2ccccc2F)C(C(=O)OC)=C1C. The summed E-state index contributed by atoms with van der Waals surface area (Å²) in [4.78, 5) is 26.3. The molecule has 0 fully saturated rings. The van der Waals surface area contributed by atoms with E-state index < -0.39 is 11.8 Å². The second-order valence-corrected chi connectivity index (χ2v) is 5.33. The van der Waals surface area contributed by atoms with E-state index in [1.165, 1.54) is 24.2 Å². The van der Waals surface area contributed by atoms with Gasteiger partial charge < -0.3 is 14.4 Å². The lowest BCUT2D eigenvalue weighted by atomic mass is 10.0. The second-order valence-electron chi connectivity index (χ2n) is 5.33. The molecule has 2 rings (SSSR count). The summed E-state index contributed by atoms with van der Waals surface area (Å²) in [5.41, 5.74) is 1.06. The Hall–Kier alpha value is -2.47. The number of amides is 1. The van der Waals surface area contributed by atoms with Gasteiger partial charge in [0.15, 0.2) is 0 Å². The number of halogens is 1. The number of methoxy groups -OCH3 is 2. The molecule has 0 radical (unpaired) electrons. The molecule has 0 unspecified atom stereocenters. The molecular weight excluding hydrogens is 313 g/mol. The van der Waals surface area contributed by atoms with Crippen molar-refractivity contribution in [1.82, 2.24) is 4.90 Å². The number of nitrogens with zero attached hydrogens (tertiary/aromatic N) is 1. The second kappa shape index (κ2) is 7.88. The van der Waals surface area contributed by atoms with Gasteiger partial charge in [-0.05, 0) is 25.5 Å². The van der Waals surface area contributed by atoms with Crippen molar-refractivity contribution in [3.63, 3.8) is 0 Å². The van der Waals surface area contributed by atoms with Crippen LogP contribution >= 0.6 is 0 Å². The van der Waals surface area contributed by atoms with Crippen LogP contribution in [0.4, 0.5) is 4.39 Å². The molecule has 128 valence electrons. The maximum absolute atomic E-state index is 13.9. The molecule has 0 aromatic heterocycles. The normalized spacial score (nSPS) is 16.2. The predicted octanol–water partition coefficient (Wildman–Crippen LogP) is 2.53. The molecule has 0 atom stereocenters. The molecular formula is C18H20FNO4. The third-order valence-corrected chi connectivity index (χ3v) is 3.84. The topological polar surface area (TPSA) is 55.8 Å². The van der Waals surface area contributed by atoms with Crippen LogP contribution in [0.5, 0.6) is 0 Å². The lowest BCUT2D eigenvalue weighted by Crippen LogP contribution is -2.27. The summed E-state index contributed by atoms with van der Waals surface area (Å²) in [7, 11) is 2.83. The van der Waals surface area contributed by atoms with Crippen molar-refractivity contribution in [1.29, 1.82) is 0 Å². The third-order valence-electron chi connectivity index (χ3n) is 3.84. The minimum absolute atomic E-state index is 0.141. The Kier molecular flexibility index (Phi) is 5.87. The summed E-state index contributed by atoms with van der Waals surface area (Å²) in [5.74, 6) is -1.41. The number of benzene rings is 1. The summed E-state index contributed by atoms with van der Waals surface area (Å²) in [6, 6.07) is 6.08. The van der Waals surface area contributed by atoms with Crippen molar-refractivity contribution in [3.8, 4) is 0 Å². The number of hydrogen-bond donors (Lipinski definition) is 0. The highest BCUT2D eigenvalue weighted by molar-refractivity contribution is 6.16. The summed E-state index contributed by atoms with van der Waals surface area (Å²) >= 11 is 0. The van der Waals surface area contributed by atoms with Crippen LogP contribution in [0.2, 0.25) is 0 Å². The van der Waals surface area contributed by atoms with Crippen molar-refractivity contribution in [2.45, 2.75) is 13.3 Å². The van der Waals surface area contributed by atoms with Gasteiger partial charge in [0.05, 0.1) is 18.3 Å². The molecule has 1 aromatic carbocycles. The van der Waals surface area contributed by atoms with Gasteiger partial charge in [0.2, 0.25) is 0 Å². The Morgan fingerprint density at radius 1 is 1.29 bits per heavy atom. The molecule has 0 spiro atoms. The van der Waals surface area contributed by atoms with E-state index in [9.17, 15) is 14.0 Å². The first kappa shape index (κ1) is 17.9. The van der Waals surface area contributed by atoms with Gasteiger partial charge in [0.25, 0.3) is 5.91 Å². The standard InChI is InChI=1S/C18H20FNO4/c1-12-16(18(22)24-3)14(11-13-7-4-5-8-15(13)19)17(21)20(12)9-6-10-23-2/h4-5,7-8,11H,6,9-10H2,1-3H3. The molecule has 6 heteroatoms. The van der Waals surface area contributed by atoms with Crippen molar-refractivity contribution >= 4 is 18.0 Å². The van der Waals surface area contributed by atoms with Crippen LogP contribution in [0.1, 0.15) is 18.9 Å². The van der Waals surface area contributed by atoms with Crippen LogP contribution < -0.4 is 0 Å². The molecule has 0 N–H and O–H groups in total. The molecule has 0 saturated heterocycles. The Morgan fingerprint density at radius 2 is 2.00 bits per heavy atom. The van der Waals surface area contributed by atoms with Gasteiger partial charge in [-0.1, -0.05) is 18.2 Å². The Morgan fingerprint density at radius 3 is 2.62 bits per heavy atom. The minimum Gasteiger partial charge on any atom is -0.465 e. The van der Waals surface area contributed by atoms with E-state index in [1.54, 1.807) is 32.2 Å². The van der Waals surface area contributed by atoms with Crippen molar-refractivity contribution in [2.24, 2.45) is 0 Å². The van der Waals surface area contributed by atoms with Crippen LogP contribution in [-0.4, -0.2) is 44.1 Å². The highest BCUT2D eigenvalue weighted by Crippen LogP contribution is 2.32. The van der Waals surface area contributed by atoms with E-state index >= 15 is 0 Å². The van der Waals surface area contributed by atoms with Gasteiger partial charge in [-0.2, -0.15) is 0 Å². The van der Waals surface area contributed by atoms with Gasteiger partial charge >= 0.3 is 5.97 Å². The average Bonchev–Trinajstić information content (AvgIpc) is 2.80. The highest BCUT2D eigenvalue weighted by Gasteiger charge is 2.36. The zero-order valence-electron chi connectivity index (χ0n) is 14.0. The fraction of sp³-hybridized carbons (Fsp3) is 0.333. The maximum Gasteiger partial charge on any atom is 0.340 e. The Balaban J connectivity index is 2.44. The fourth-order valence-corrected chi connectivity index (χ4v) is 2.61. The largest absolute Gasteiger partial charge is 0.465 e. The lowest BCUT2D eigenvalue weighted by Gasteiger charge is -2.17. The van der Waals surface area contributed by atoms with Gasteiger partial charge in [0, 0.05) is 31.5 Å². The molecule has 1 heterocycles. The quantitative estimate of drug-likeness (QED) is 0.456. The molecule has 1 amide bonds. The number of rotatable bonds is 6. The van der Waals surface area contributed by atoms with Crippen molar-refractivity contribution < 1.29 is 23.5 Å². The van der Waals surface area contributed by atoms with Crippen LogP contribution in [0.25, 0.3) is 6.08 Å². The molecule has 1 aliphatic heterocycles. The number of carbonyl (C=O) groups excluding carboxylic acids is 2. The summed E-state index contributed by atoms with van der Waals surface area (Å²) < 4.78 is 23.7. The van der Waals surface area contributed by atoms with Crippen LogP contribution in [0, 0.1) is 5.82 Å². The zero-order valence-corrected chi connectivity index (χ0v) is 14.0. The molecule has 0 saturated carbocycles. The van der Waals surface area contributed by atoms with Crippen LogP contribution in [0.15, 0.2) is 41.1 Å². The monoisotopic (exact) mass is 333 g/mol. The van der Waals surface area contributed by atoms with E-state index in [4.69, 9.17) is 9.47 Å². The first-order chi connectivity index (χ1) is 11.5. The van der Waals surface area contributed by atoms with E-state index in [2.05, 4.69) is 0 Å². The number of ether oxygens (including phenoxy) is 2. The number of carbonyl (C=O) groups is 2.